The maximum Gasteiger partial charge on any atom is 0.205 e. The van der Waals surface area contributed by atoms with E-state index in [0.717, 1.165) is 59.8 Å². The van der Waals surface area contributed by atoms with E-state index in [0.29, 0.717) is 5.02 Å². The highest BCUT2D eigenvalue weighted by molar-refractivity contribution is 7.09. The Balaban J connectivity index is 1.37. The molecule has 0 unspecified atom stereocenters. The summed E-state index contributed by atoms with van der Waals surface area (Å²) in [5.41, 5.74) is 3.43. The second-order valence-corrected chi connectivity index (χ2v) is 8.34. The van der Waals surface area contributed by atoms with Crippen LogP contribution in [0.25, 0.3) is 11.4 Å². The van der Waals surface area contributed by atoms with Crippen LogP contribution in [0.15, 0.2) is 42.5 Å². The smallest absolute Gasteiger partial charge is 0.205 e. The number of rotatable bonds is 4. The van der Waals surface area contributed by atoms with Gasteiger partial charge in [-0.05, 0) is 24.6 Å². The normalized spacial score (nSPS) is 15.3. The molecule has 0 spiro atoms. The van der Waals surface area contributed by atoms with E-state index in [1.165, 1.54) is 17.1 Å². The quantitative estimate of drug-likeness (QED) is 0.586. The van der Waals surface area contributed by atoms with Crippen LogP contribution >= 0.6 is 34.7 Å². The van der Waals surface area contributed by atoms with Gasteiger partial charge < -0.3 is 4.90 Å². The van der Waals surface area contributed by atoms with Gasteiger partial charge in [0.15, 0.2) is 5.82 Å². The standard InChI is InChI=1S/C20H20Cl2N4S/c1-14-2-4-15(5-3-14)19-23-20(27-24-19)26-10-8-25(9-11-26)13-16-6-7-17(21)12-18(16)22/h2-7,12H,8-11,13H2,1H3. The summed E-state index contributed by atoms with van der Waals surface area (Å²) >= 11 is 13.8. The molecule has 1 saturated heterocycles. The first-order valence-corrected chi connectivity index (χ1v) is 10.4. The number of aryl methyl sites for hydroxylation is 1. The highest BCUT2D eigenvalue weighted by atomic mass is 35.5. The number of nitrogens with zero attached hydrogens (tertiary/aromatic N) is 4. The molecule has 1 aliphatic heterocycles. The molecule has 0 saturated carbocycles. The zero-order valence-electron chi connectivity index (χ0n) is 15.0. The minimum absolute atomic E-state index is 0.675. The number of halogens is 2. The van der Waals surface area contributed by atoms with Crippen molar-refractivity contribution in [3.8, 4) is 11.4 Å². The molecule has 1 fully saturated rings. The molecule has 1 aromatic heterocycles. The van der Waals surface area contributed by atoms with Crippen LogP contribution in [0.1, 0.15) is 11.1 Å². The first kappa shape index (κ1) is 18.7. The summed E-state index contributed by atoms with van der Waals surface area (Å²) < 4.78 is 4.54. The van der Waals surface area contributed by atoms with Gasteiger partial charge in [-0.25, -0.2) is 0 Å². The molecule has 4 rings (SSSR count). The first-order chi connectivity index (χ1) is 13.1. The zero-order valence-corrected chi connectivity index (χ0v) is 17.4. The molecule has 140 valence electrons. The van der Waals surface area contributed by atoms with Gasteiger partial charge >= 0.3 is 0 Å². The van der Waals surface area contributed by atoms with Crippen LogP contribution in [-0.4, -0.2) is 40.4 Å². The van der Waals surface area contributed by atoms with Crippen LogP contribution in [0.4, 0.5) is 5.13 Å². The van der Waals surface area contributed by atoms with Crippen molar-refractivity contribution in [1.82, 2.24) is 14.3 Å². The minimum atomic E-state index is 0.675. The third kappa shape index (κ3) is 4.43. The molecule has 0 N–H and O–H groups in total. The van der Waals surface area contributed by atoms with Crippen LogP contribution in [0.3, 0.4) is 0 Å². The Hall–Kier alpha value is -1.66. The number of piperazine rings is 1. The van der Waals surface area contributed by atoms with E-state index in [4.69, 9.17) is 28.2 Å². The van der Waals surface area contributed by atoms with Gasteiger partial charge in [0.2, 0.25) is 5.13 Å². The second-order valence-electron chi connectivity index (χ2n) is 6.77. The molecule has 0 radical (unpaired) electrons. The summed E-state index contributed by atoms with van der Waals surface area (Å²) in [4.78, 5) is 9.47. The lowest BCUT2D eigenvalue weighted by Crippen LogP contribution is -2.46. The lowest BCUT2D eigenvalue weighted by Gasteiger charge is -2.34. The average molecular weight is 419 g/mol. The maximum absolute atomic E-state index is 6.31. The largest absolute Gasteiger partial charge is 0.344 e. The summed E-state index contributed by atoms with van der Waals surface area (Å²) in [6, 6.07) is 14.1. The van der Waals surface area contributed by atoms with Crippen molar-refractivity contribution in [2.45, 2.75) is 13.5 Å². The van der Waals surface area contributed by atoms with E-state index in [9.17, 15) is 0 Å². The Bertz CT molecular complexity index is 918. The third-order valence-corrected chi connectivity index (χ3v) is 6.14. The van der Waals surface area contributed by atoms with Crippen molar-refractivity contribution in [3.63, 3.8) is 0 Å². The average Bonchev–Trinajstić information content (AvgIpc) is 3.15. The fourth-order valence-electron chi connectivity index (χ4n) is 3.15. The van der Waals surface area contributed by atoms with Crippen molar-refractivity contribution >= 4 is 39.9 Å². The Morgan fingerprint density at radius 3 is 2.44 bits per heavy atom. The number of hydrogen-bond acceptors (Lipinski definition) is 5. The molecular weight excluding hydrogens is 399 g/mol. The van der Waals surface area contributed by atoms with Gasteiger partial charge in [-0.2, -0.15) is 9.36 Å². The van der Waals surface area contributed by atoms with Gasteiger partial charge in [0.1, 0.15) is 0 Å². The molecule has 2 aromatic carbocycles. The molecule has 0 amide bonds. The Morgan fingerprint density at radius 1 is 1.00 bits per heavy atom. The van der Waals surface area contributed by atoms with Crippen LogP contribution in [0, 0.1) is 6.92 Å². The number of aromatic nitrogens is 2. The van der Waals surface area contributed by atoms with Crippen molar-refractivity contribution in [2.75, 3.05) is 31.1 Å². The molecule has 2 heterocycles. The molecule has 3 aromatic rings. The van der Waals surface area contributed by atoms with Gasteiger partial charge in [-0.15, -0.1) is 0 Å². The van der Waals surface area contributed by atoms with E-state index in [1.807, 2.05) is 18.2 Å². The second kappa shape index (κ2) is 8.15. The zero-order chi connectivity index (χ0) is 18.8. The topological polar surface area (TPSA) is 32.3 Å². The number of hydrogen-bond donors (Lipinski definition) is 0. The highest BCUT2D eigenvalue weighted by Crippen LogP contribution is 2.26. The Kier molecular flexibility index (Phi) is 5.64. The monoisotopic (exact) mass is 418 g/mol. The van der Waals surface area contributed by atoms with E-state index in [2.05, 4.69) is 45.4 Å². The van der Waals surface area contributed by atoms with Crippen LogP contribution < -0.4 is 4.90 Å². The lowest BCUT2D eigenvalue weighted by molar-refractivity contribution is 0.250. The predicted octanol–water partition coefficient (Wildman–Crippen LogP) is 5.14. The summed E-state index contributed by atoms with van der Waals surface area (Å²) in [6.45, 7) is 6.74. The van der Waals surface area contributed by atoms with Crippen LogP contribution in [0.5, 0.6) is 0 Å². The molecule has 0 bridgehead atoms. The van der Waals surface area contributed by atoms with Gasteiger partial charge in [-0.3, -0.25) is 4.90 Å². The molecule has 0 atom stereocenters. The predicted molar refractivity (Wildman–Crippen MR) is 114 cm³/mol. The molecular formula is C20H20Cl2N4S. The maximum atomic E-state index is 6.31. The molecule has 27 heavy (non-hydrogen) atoms. The molecule has 7 heteroatoms. The van der Waals surface area contributed by atoms with Crippen molar-refractivity contribution in [1.29, 1.82) is 0 Å². The van der Waals surface area contributed by atoms with Gasteiger partial charge in [0.05, 0.1) is 0 Å². The minimum Gasteiger partial charge on any atom is -0.344 e. The van der Waals surface area contributed by atoms with E-state index in [-0.39, 0.29) is 0 Å². The fraction of sp³-hybridized carbons (Fsp3) is 0.300. The van der Waals surface area contributed by atoms with Crippen molar-refractivity contribution in [3.05, 3.63) is 63.6 Å². The Labute approximate surface area is 173 Å². The first-order valence-electron chi connectivity index (χ1n) is 8.90. The van der Waals surface area contributed by atoms with E-state index in [1.54, 1.807) is 0 Å². The third-order valence-electron chi connectivity index (χ3n) is 4.78. The Morgan fingerprint density at radius 2 is 1.74 bits per heavy atom. The molecule has 0 aliphatic carbocycles. The van der Waals surface area contributed by atoms with Crippen LogP contribution in [0.2, 0.25) is 10.0 Å². The lowest BCUT2D eigenvalue weighted by atomic mass is 10.1. The van der Waals surface area contributed by atoms with E-state index >= 15 is 0 Å². The SMILES string of the molecule is Cc1ccc(-c2nsc(N3CCN(Cc4ccc(Cl)cc4Cl)CC3)n2)cc1. The van der Waals surface area contributed by atoms with Crippen molar-refractivity contribution < 1.29 is 0 Å². The van der Waals surface area contributed by atoms with Crippen molar-refractivity contribution in [2.24, 2.45) is 0 Å². The van der Waals surface area contributed by atoms with Gasteiger partial charge in [0.25, 0.3) is 0 Å². The fourth-order valence-corrected chi connectivity index (χ4v) is 4.36. The molecule has 1 aliphatic rings. The summed E-state index contributed by atoms with van der Waals surface area (Å²) in [5, 5.41) is 2.40. The van der Waals surface area contributed by atoms with Gasteiger partial charge in [0, 0.05) is 59.9 Å². The van der Waals surface area contributed by atoms with Gasteiger partial charge in [-0.1, -0.05) is 59.1 Å². The molecule has 4 nitrogen and oxygen atoms in total. The highest BCUT2D eigenvalue weighted by Gasteiger charge is 2.21. The summed E-state index contributed by atoms with van der Waals surface area (Å²) in [6.07, 6.45) is 0. The van der Waals surface area contributed by atoms with E-state index < -0.39 is 0 Å². The summed E-state index contributed by atoms with van der Waals surface area (Å²) in [5.74, 6) is 0.811. The summed E-state index contributed by atoms with van der Waals surface area (Å²) in [7, 11) is 0. The number of anilines is 1. The van der Waals surface area contributed by atoms with Crippen LogP contribution in [-0.2, 0) is 6.54 Å². The number of benzene rings is 2.